The zero-order chi connectivity index (χ0) is 20.8. The summed E-state index contributed by atoms with van der Waals surface area (Å²) in [6.07, 6.45) is 1.67. The van der Waals surface area contributed by atoms with Crippen LogP contribution >= 0.6 is 23.2 Å². The Bertz CT molecular complexity index is 1370. The molecule has 0 amide bonds. The first kappa shape index (κ1) is 18.9. The summed E-state index contributed by atoms with van der Waals surface area (Å²) in [4.78, 5) is 12.2. The van der Waals surface area contributed by atoms with Crippen LogP contribution in [0.25, 0.3) is 45.1 Å². The molecule has 0 fully saturated rings. The molecule has 2 heterocycles. The highest BCUT2D eigenvalue weighted by molar-refractivity contribution is 6.33. The van der Waals surface area contributed by atoms with Crippen LogP contribution in [0.1, 0.15) is 0 Å². The number of rotatable bonds is 3. The number of hydrogen-bond acceptors (Lipinski definition) is 2. The number of fused-ring (bicyclic) bond motifs is 1. The minimum atomic E-state index is -0.416. The molecular weight excluding hydrogens is 422 g/mol. The summed E-state index contributed by atoms with van der Waals surface area (Å²) in [7, 11) is 1.97. The fraction of sp³-hybridized carbons (Fsp3) is 0.0435. The number of imidazole rings is 2. The zero-order valence-electron chi connectivity index (χ0n) is 15.8. The molecule has 7 heteroatoms. The molecule has 0 aliphatic carbocycles. The quantitative estimate of drug-likeness (QED) is 0.340. The lowest BCUT2D eigenvalue weighted by Crippen LogP contribution is -1.92. The molecule has 0 saturated carbocycles. The van der Waals surface area contributed by atoms with Gasteiger partial charge in [0.05, 0.1) is 33.5 Å². The molecule has 0 aliphatic heterocycles. The van der Waals surface area contributed by atoms with Crippen LogP contribution < -0.4 is 0 Å². The van der Waals surface area contributed by atoms with E-state index in [0.717, 1.165) is 33.7 Å². The summed E-state index contributed by atoms with van der Waals surface area (Å²) in [6.45, 7) is 0. The third-order valence-electron chi connectivity index (χ3n) is 5.07. The molecule has 3 aromatic carbocycles. The lowest BCUT2D eigenvalue weighted by Gasteiger charge is -2.05. The third kappa shape index (κ3) is 3.16. The number of hydrogen-bond donors (Lipinski definition) is 1. The summed E-state index contributed by atoms with van der Waals surface area (Å²) < 4.78 is 16.2. The molecule has 0 saturated heterocycles. The second-order valence-corrected chi connectivity index (χ2v) is 7.79. The Balaban J connectivity index is 1.49. The van der Waals surface area contributed by atoms with Crippen LogP contribution in [-0.2, 0) is 7.05 Å². The van der Waals surface area contributed by atoms with Crippen molar-refractivity contribution in [2.24, 2.45) is 7.05 Å². The number of nitrogens with one attached hydrogen (secondary N) is 1. The Morgan fingerprint density at radius 2 is 1.73 bits per heavy atom. The predicted octanol–water partition coefficient (Wildman–Crippen LogP) is 6.74. The Kier molecular flexibility index (Phi) is 4.57. The fourth-order valence-electron chi connectivity index (χ4n) is 3.54. The van der Waals surface area contributed by atoms with Gasteiger partial charge in [0.25, 0.3) is 0 Å². The van der Waals surface area contributed by atoms with E-state index in [9.17, 15) is 4.39 Å². The fourth-order valence-corrected chi connectivity index (χ4v) is 3.96. The molecule has 148 valence electrons. The molecule has 4 nitrogen and oxygen atoms in total. The average Bonchev–Trinajstić information content (AvgIpc) is 3.34. The summed E-state index contributed by atoms with van der Waals surface area (Å²) >= 11 is 12.3. The maximum Gasteiger partial charge on any atom is 0.142 e. The molecule has 5 aromatic rings. The smallest absolute Gasteiger partial charge is 0.142 e. The van der Waals surface area contributed by atoms with Gasteiger partial charge < -0.3 is 9.55 Å². The van der Waals surface area contributed by atoms with Crippen LogP contribution in [0.3, 0.4) is 0 Å². The predicted molar refractivity (Wildman–Crippen MR) is 119 cm³/mol. The number of aryl methyl sites for hydroxylation is 1. The van der Waals surface area contributed by atoms with Gasteiger partial charge in [-0.15, -0.1) is 0 Å². The Morgan fingerprint density at radius 1 is 0.967 bits per heavy atom. The molecule has 0 atom stereocenters. The minimum Gasteiger partial charge on any atom is -0.338 e. The van der Waals surface area contributed by atoms with Crippen molar-refractivity contribution in [2.45, 2.75) is 0 Å². The summed E-state index contributed by atoms with van der Waals surface area (Å²) in [5.74, 6) is 0.826. The average molecular weight is 437 g/mol. The Morgan fingerprint density at radius 3 is 2.50 bits per heavy atom. The van der Waals surface area contributed by atoms with Crippen molar-refractivity contribution in [2.75, 3.05) is 0 Å². The van der Waals surface area contributed by atoms with Gasteiger partial charge in [0.1, 0.15) is 17.5 Å². The first-order chi connectivity index (χ1) is 14.5. The van der Waals surface area contributed by atoms with Crippen LogP contribution in [0, 0.1) is 5.82 Å². The summed E-state index contributed by atoms with van der Waals surface area (Å²) in [5, 5.41) is 0.991. The molecule has 30 heavy (non-hydrogen) atoms. The van der Waals surface area contributed by atoms with Gasteiger partial charge >= 0.3 is 0 Å². The van der Waals surface area contributed by atoms with Gasteiger partial charge in [0, 0.05) is 17.6 Å². The molecule has 0 spiro atoms. The van der Waals surface area contributed by atoms with Crippen LogP contribution in [0.5, 0.6) is 0 Å². The van der Waals surface area contributed by atoms with Crippen molar-refractivity contribution in [1.29, 1.82) is 0 Å². The first-order valence-electron chi connectivity index (χ1n) is 9.23. The number of benzene rings is 3. The molecule has 0 unspecified atom stereocenters. The van der Waals surface area contributed by atoms with Crippen molar-refractivity contribution in [3.63, 3.8) is 0 Å². The monoisotopic (exact) mass is 436 g/mol. The third-order valence-corrected chi connectivity index (χ3v) is 5.62. The van der Waals surface area contributed by atoms with Gasteiger partial charge in [-0.1, -0.05) is 53.5 Å². The maximum atomic E-state index is 14.2. The van der Waals surface area contributed by atoms with Crippen LogP contribution in [0.15, 0.2) is 66.9 Å². The van der Waals surface area contributed by atoms with Gasteiger partial charge in [-0.2, -0.15) is 0 Å². The minimum absolute atomic E-state index is 0.264. The SMILES string of the molecule is Cn1c(-c2ccc(-c3cnc(-c4c(F)cccc4Cl)[nH]3)cc2)nc2ccc(Cl)cc21. The highest BCUT2D eigenvalue weighted by Gasteiger charge is 2.14. The molecule has 2 aromatic heterocycles. The van der Waals surface area contributed by atoms with Crippen LogP contribution in [0.4, 0.5) is 4.39 Å². The molecule has 5 rings (SSSR count). The van der Waals surface area contributed by atoms with Crippen molar-refractivity contribution in [3.8, 4) is 34.0 Å². The lowest BCUT2D eigenvalue weighted by atomic mass is 10.1. The normalized spacial score (nSPS) is 11.3. The van der Waals surface area contributed by atoms with E-state index in [2.05, 4.69) is 9.97 Å². The highest BCUT2D eigenvalue weighted by Crippen LogP contribution is 2.31. The van der Waals surface area contributed by atoms with Gasteiger partial charge in [-0.25, -0.2) is 14.4 Å². The van der Waals surface area contributed by atoms with Crippen molar-refractivity contribution >= 4 is 34.2 Å². The standard InChI is InChI=1S/C23H15Cl2FN4/c1-30-20-11-15(24)9-10-18(20)29-23(30)14-7-5-13(6-8-14)19-12-27-22(28-19)21-16(25)3-2-4-17(21)26/h2-12H,1H3,(H,27,28). The van der Waals surface area contributed by atoms with Gasteiger partial charge in [-0.05, 0) is 35.9 Å². The number of nitrogens with zero attached hydrogens (tertiary/aromatic N) is 3. The van der Waals surface area contributed by atoms with Gasteiger partial charge in [0.15, 0.2) is 0 Å². The molecular formula is C23H15Cl2FN4. The zero-order valence-corrected chi connectivity index (χ0v) is 17.3. The van der Waals surface area contributed by atoms with Gasteiger partial charge in [-0.3, -0.25) is 0 Å². The second-order valence-electron chi connectivity index (χ2n) is 6.95. The molecule has 1 N–H and O–H groups in total. The van der Waals surface area contributed by atoms with Crippen LogP contribution in [-0.4, -0.2) is 19.5 Å². The van der Waals surface area contributed by atoms with Crippen molar-refractivity contribution in [3.05, 3.63) is 82.7 Å². The number of halogens is 3. The molecule has 0 aliphatic rings. The van der Waals surface area contributed by atoms with E-state index < -0.39 is 5.82 Å². The van der Waals surface area contributed by atoms with Crippen LogP contribution in [0.2, 0.25) is 10.0 Å². The van der Waals surface area contributed by atoms with Crippen molar-refractivity contribution < 1.29 is 4.39 Å². The number of aromatic amines is 1. The number of H-pyrrole nitrogens is 1. The van der Waals surface area contributed by atoms with Gasteiger partial charge in [0.2, 0.25) is 0 Å². The summed E-state index contributed by atoms with van der Waals surface area (Å²) in [6, 6.07) is 18.2. The molecule has 0 radical (unpaired) electrons. The van der Waals surface area contributed by atoms with E-state index >= 15 is 0 Å². The Labute approximate surface area is 181 Å². The van der Waals surface area contributed by atoms with E-state index in [4.69, 9.17) is 28.2 Å². The largest absolute Gasteiger partial charge is 0.338 e. The van der Waals surface area contributed by atoms with E-state index in [1.807, 2.05) is 54.1 Å². The van der Waals surface area contributed by atoms with E-state index in [0.29, 0.717) is 15.9 Å². The van der Waals surface area contributed by atoms with E-state index in [1.54, 1.807) is 18.3 Å². The van der Waals surface area contributed by atoms with E-state index in [1.165, 1.54) is 6.07 Å². The Hall–Kier alpha value is -3.15. The van der Waals surface area contributed by atoms with Crippen molar-refractivity contribution in [1.82, 2.24) is 19.5 Å². The highest BCUT2D eigenvalue weighted by atomic mass is 35.5. The molecule has 0 bridgehead atoms. The lowest BCUT2D eigenvalue weighted by molar-refractivity contribution is 0.630. The van der Waals surface area contributed by atoms with E-state index in [-0.39, 0.29) is 5.56 Å². The number of aromatic nitrogens is 4. The topological polar surface area (TPSA) is 46.5 Å². The first-order valence-corrected chi connectivity index (χ1v) is 9.99. The maximum absolute atomic E-state index is 14.2. The second kappa shape index (κ2) is 7.27. The summed E-state index contributed by atoms with van der Waals surface area (Å²) in [5.41, 5.74) is 4.80.